The smallest absolute Gasteiger partial charge is 0.306 e. The third-order valence-corrected chi connectivity index (χ3v) is 13.2. The maximum Gasteiger partial charge on any atom is 0.306 e. The monoisotopic (exact) mass is 1040 g/mol. The predicted octanol–water partition coefficient (Wildman–Crippen LogP) is 21.4. The first-order valence-corrected chi connectivity index (χ1v) is 31.4. The first-order valence-electron chi connectivity index (χ1n) is 31.4. The van der Waals surface area contributed by atoms with Crippen LogP contribution in [0, 0.1) is 0 Å². The summed E-state index contributed by atoms with van der Waals surface area (Å²) in [7, 11) is 0. The predicted molar refractivity (Wildman–Crippen MR) is 325 cm³/mol. The molecule has 0 amide bonds. The zero-order valence-corrected chi connectivity index (χ0v) is 49.0. The van der Waals surface area contributed by atoms with Crippen molar-refractivity contribution in [2.24, 2.45) is 0 Å². The van der Waals surface area contributed by atoms with E-state index in [9.17, 15) is 14.4 Å². The number of esters is 3. The van der Waals surface area contributed by atoms with Gasteiger partial charge in [-0.25, -0.2) is 0 Å². The highest BCUT2D eigenvalue weighted by Gasteiger charge is 2.19. The Hall–Kier alpha value is -3.93. The highest BCUT2D eigenvalue weighted by molar-refractivity contribution is 5.71. The number of rotatable bonds is 56. The quantitative estimate of drug-likeness (QED) is 0.0261. The summed E-state index contributed by atoms with van der Waals surface area (Å²) in [6, 6.07) is 0. The van der Waals surface area contributed by atoms with Gasteiger partial charge in [0, 0.05) is 19.3 Å². The number of hydrogen-bond donors (Lipinski definition) is 0. The molecular formula is C69H116O6. The number of unbranched alkanes of at least 4 members (excludes halogenated alkanes) is 27. The lowest BCUT2D eigenvalue weighted by atomic mass is 10.1. The highest BCUT2D eigenvalue weighted by Crippen LogP contribution is 2.15. The number of hydrogen-bond acceptors (Lipinski definition) is 6. The standard InChI is InChI=1S/C69H116O6/c1-4-7-10-13-16-19-22-25-27-29-31-32-33-34-35-36-38-39-41-44-47-50-53-56-59-62-68(71)74-65-66(64-73-67(70)61-58-55-52-49-46-43-24-21-18-15-12-9-6-3)75-69(72)63-60-57-54-51-48-45-42-40-37-30-28-26-23-20-17-14-11-8-5-2/h7,10,16,19,21,24-28,31-32,34-35,38-39,44,47,66H,4-6,8-9,11-15,17-18,20,22-23,29-30,33,36-37,40-43,45-46,48-65H2,1-3H3/b10-7-,19-16-,24-21-,27-25-,28-26-,32-31-,35-34-,39-38-,47-44-. The molecule has 0 radical (unpaired) electrons. The number of carbonyl (C=O) groups is 3. The van der Waals surface area contributed by atoms with Crippen molar-refractivity contribution in [1.82, 2.24) is 0 Å². The summed E-state index contributed by atoms with van der Waals surface area (Å²) in [5.41, 5.74) is 0. The molecule has 0 aromatic carbocycles. The Labute approximate surface area is 463 Å². The van der Waals surface area contributed by atoms with Gasteiger partial charge in [0.05, 0.1) is 0 Å². The normalized spacial score (nSPS) is 12.8. The van der Waals surface area contributed by atoms with Crippen LogP contribution in [-0.4, -0.2) is 37.2 Å². The van der Waals surface area contributed by atoms with Crippen molar-refractivity contribution in [1.29, 1.82) is 0 Å². The van der Waals surface area contributed by atoms with E-state index in [1.54, 1.807) is 0 Å². The van der Waals surface area contributed by atoms with E-state index < -0.39 is 6.10 Å². The van der Waals surface area contributed by atoms with E-state index in [0.717, 1.165) is 116 Å². The van der Waals surface area contributed by atoms with Crippen LogP contribution in [0.3, 0.4) is 0 Å². The van der Waals surface area contributed by atoms with Crippen molar-refractivity contribution < 1.29 is 28.6 Å². The molecule has 0 fully saturated rings. The van der Waals surface area contributed by atoms with E-state index >= 15 is 0 Å². The second-order valence-corrected chi connectivity index (χ2v) is 20.6. The lowest BCUT2D eigenvalue weighted by Gasteiger charge is -2.18. The third kappa shape index (κ3) is 60.8. The van der Waals surface area contributed by atoms with Crippen LogP contribution < -0.4 is 0 Å². The lowest BCUT2D eigenvalue weighted by Crippen LogP contribution is -2.30. The van der Waals surface area contributed by atoms with Crippen LogP contribution >= 0.6 is 0 Å². The second-order valence-electron chi connectivity index (χ2n) is 20.6. The molecule has 0 saturated heterocycles. The number of carbonyl (C=O) groups excluding carboxylic acids is 3. The highest BCUT2D eigenvalue weighted by atomic mass is 16.6. The molecule has 6 heteroatoms. The summed E-state index contributed by atoms with van der Waals surface area (Å²) in [5.74, 6) is -0.933. The first-order chi connectivity index (χ1) is 37.0. The van der Waals surface area contributed by atoms with Crippen LogP contribution in [-0.2, 0) is 28.6 Å². The van der Waals surface area contributed by atoms with E-state index in [2.05, 4.69) is 130 Å². The van der Waals surface area contributed by atoms with Crippen molar-refractivity contribution in [3.8, 4) is 0 Å². The van der Waals surface area contributed by atoms with Crippen LogP contribution in [0.4, 0.5) is 0 Å². The van der Waals surface area contributed by atoms with Gasteiger partial charge in [0.2, 0.25) is 0 Å². The number of ether oxygens (including phenoxy) is 3. The van der Waals surface area contributed by atoms with Crippen LogP contribution in [0.25, 0.3) is 0 Å². The molecule has 0 aromatic rings. The van der Waals surface area contributed by atoms with Crippen LogP contribution in [0.2, 0.25) is 0 Å². The molecule has 75 heavy (non-hydrogen) atoms. The molecule has 0 spiro atoms. The Morgan fingerprint density at radius 2 is 0.520 bits per heavy atom. The molecule has 0 aliphatic carbocycles. The van der Waals surface area contributed by atoms with Crippen molar-refractivity contribution >= 4 is 17.9 Å². The second kappa shape index (κ2) is 62.6. The molecule has 0 aliphatic rings. The molecule has 0 bridgehead atoms. The minimum atomic E-state index is -0.799. The van der Waals surface area contributed by atoms with Gasteiger partial charge in [-0.05, 0) is 128 Å². The minimum absolute atomic E-state index is 0.0942. The summed E-state index contributed by atoms with van der Waals surface area (Å²) >= 11 is 0. The molecule has 6 nitrogen and oxygen atoms in total. The molecule has 0 rings (SSSR count). The van der Waals surface area contributed by atoms with Crippen molar-refractivity contribution in [2.45, 2.75) is 297 Å². The van der Waals surface area contributed by atoms with Crippen LogP contribution in [0.5, 0.6) is 0 Å². The summed E-state index contributed by atoms with van der Waals surface area (Å²) in [5, 5.41) is 0. The fraction of sp³-hybridized carbons (Fsp3) is 0.696. The van der Waals surface area contributed by atoms with E-state index in [1.165, 1.54) is 135 Å². The van der Waals surface area contributed by atoms with Gasteiger partial charge >= 0.3 is 17.9 Å². The fourth-order valence-electron chi connectivity index (χ4n) is 8.53. The van der Waals surface area contributed by atoms with Crippen molar-refractivity contribution in [3.05, 3.63) is 109 Å². The average molecular weight is 1040 g/mol. The summed E-state index contributed by atoms with van der Waals surface area (Å²) < 4.78 is 16.9. The van der Waals surface area contributed by atoms with Gasteiger partial charge in [-0.1, -0.05) is 252 Å². The summed E-state index contributed by atoms with van der Waals surface area (Å²) in [6.45, 7) is 6.49. The largest absolute Gasteiger partial charge is 0.462 e. The molecular weight excluding hydrogens is 925 g/mol. The topological polar surface area (TPSA) is 78.9 Å². The van der Waals surface area contributed by atoms with Gasteiger partial charge in [-0.15, -0.1) is 0 Å². The van der Waals surface area contributed by atoms with Crippen LogP contribution in [0.15, 0.2) is 109 Å². The average Bonchev–Trinajstić information content (AvgIpc) is 3.41. The molecule has 0 N–H and O–H groups in total. The minimum Gasteiger partial charge on any atom is -0.462 e. The maximum atomic E-state index is 12.9. The Kier molecular flexibility index (Phi) is 59.3. The van der Waals surface area contributed by atoms with Gasteiger partial charge in [0.25, 0.3) is 0 Å². The molecule has 428 valence electrons. The molecule has 0 aliphatic heterocycles. The zero-order valence-electron chi connectivity index (χ0n) is 49.0. The summed E-state index contributed by atoms with van der Waals surface area (Å²) in [4.78, 5) is 38.3. The summed E-state index contributed by atoms with van der Waals surface area (Å²) in [6.07, 6.45) is 85.1. The maximum absolute atomic E-state index is 12.9. The number of allylic oxidation sites excluding steroid dienone is 18. The molecule has 1 unspecified atom stereocenters. The Morgan fingerprint density at radius 1 is 0.280 bits per heavy atom. The van der Waals surface area contributed by atoms with Gasteiger partial charge in [0.1, 0.15) is 13.2 Å². The fourth-order valence-corrected chi connectivity index (χ4v) is 8.53. The Bertz CT molecular complexity index is 1520. The Balaban J connectivity index is 4.42. The van der Waals surface area contributed by atoms with E-state index in [4.69, 9.17) is 14.2 Å². The molecule has 0 saturated carbocycles. The van der Waals surface area contributed by atoms with Gasteiger partial charge in [-0.2, -0.15) is 0 Å². The zero-order chi connectivity index (χ0) is 54.3. The van der Waals surface area contributed by atoms with Crippen molar-refractivity contribution in [3.63, 3.8) is 0 Å². The van der Waals surface area contributed by atoms with E-state index in [-0.39, 0.29) is 31.1 Å². The van der Waals surface area contributed by atoms with Crippen molar-refractivity contribution in [2.75, 3.05) is 13.2 Å². The first kappa shape index (κ1) is 71.1. The van der Waals surface area contributed by atoms with Crippen LogP contribution in [0.1, 0.15) is 290 Å². The SMILES string of the molecule is CC/C=C\C/C=C\C/C=C\C/C=C\C/C=C\C/C=C\C/C=C\CCCCCC(=O)OCC(COC(=O)CCCCCCC/C=C\CCCCCC)OC(=O)CCCCCCCCCCC/C=C\CCCCCCCC. The molecule has 0 heterocycles. The van der Waals surface area contributed by atoms with Gasteiger partial charge in [0.15, 0.2) is 6.10 Å². The van der Waals surface area contributed by atoms with Gasteiger partial charge < -0.3 is 14.2 Å². The molecule has 0 aromatic heterocycles. The van der Waals surface area contributed by atoms with E-state index in [1.807, 2.05) is 0 Å². The van der Waals surface area contributed by atoms with E-state index in [0.29, 0.717) is 19.3 Å². The lowest BCUT2D eigenvalue weighted by molar-refractivity contribution is -0.167. The third-order valence-electron chi connectivity index (χ3n) is 13.2. The van der Waals surface area contributed by atoms with Gasteiger partial charge in [-0.3, -0.25) is 14.4 Å². The Morgan fingerprint density at radius 3 is 0.853 bits per heavy atom. The molecule has 1 atom stereocenters.